The molecule has 3 heterocycles. The van der Waals surface area contributed by atoms with Crippen molar-refractivity contribution in [1.82, 2.24) is 20.3 Å². The Balaban J connectivity index is 1.55. The molecule has 1 saturated heterocycles. The van der Waals surface area contributed by atoms with Crippen molar-refractivity contribution in [3.63, 3.8) is 0 Å². The van der Waals surface area contributed by atoms with Crippen LogP contribution in [0.25, 0.3) is 10.9 Å². The van der Waals surface area contributed by atoms with Crippen molar-refractivity contribution in [1.29, 1.82) is 0 Å². The van der Waals surface area contributed by atoms with Crippen molar-refractivity contribution in [2.24, 2.45) is 0 Å². The van der Waals surface area contributed by atoms with Crippen molar-refractivity contribution in [3.05, 3.63) is 63.6 Å². The third-order valence-electron chi connectivity index (χ3n) is 4.96. The van der Waals surface area contributed by atoms with Crippen LogP contribution in [0, 0.1) is 12.7 Å². The largest absolute Gasteiger partial charge is 0.366 e. The van der Waals surface area contributed by atoms with E-state index in [-0.39, 0.29) is 11.4 Å². The molecule has 0 atom stereocenters. The van der Waals surface area contributed by atoms with Gasteiger partial charge in [-0.15, -0.1) is 0 Å². The summed E-state index contributed by atoms with van der Waals surface area (Å²) in [6.07, 6.45) is 2.13. The van der Waals surface area contributed by atoms with Crippen molar-refractivity contribution in [2.45, 2.75) is 32.2 Å². The summed E-state index contributed by atoms with van der Waals surface area (Å²) >= 11 is 0. The van der Waals surface area contributed by atoms with Gasteiger partial charge in [0.1, 0.15) is 17.5 Å². The lowest BCUT2D eigenvalue weighted by Gasteiger charge is -2.22. The first kappa shape index (κ1) is 17.6. The molecule has 2 aromatic heterocycles. The van der Waals surface area contributed by atoms with Crippen molar-refractivity contribution in [3.8, 4) is 0 Å². The van der Waals surface area contributed by atoms with Crippen LogP contribution in [0.3, 0.4) is 0 Å². The maximum Gasteiger partial charge on any atom is 0.253 e. The van der Waals surface area contributed by atoms with Crippen LogP contribution >= 0.6 is 0 Å². The normalized spacial score (nSPS) is 15.2. The second-order valence-electron chi connectivity index (χ2n) is 6.96. The first-order valence-electron chi connectivity index (χ1n) is 9.20. The molecule has 7 heteroatoms. The van der Waals surface area contributed by atoms with Gasteiger partial charge in [-0.2, -0.15) is 0 Å². The molecular formula is C20H22FN5O. The van der Waals surface area contributed by atoms with Gasteiger partial charge in [-0.3, -0.25) is 4.79 Å². The van der Waals surface area contributed by atoms with E-state index >= 15 is 0 Å². The quantitative estimate of drug-likeness (QED) is 0.661. The second kappa shape index (κ2) is 7.44. The summed E-state index contributed by atoms with van der Waals surface area (Å²) in [5, 5.41) is 7.39. The molecule has 0 radical (unpaired) electrons. The number of aromatic nitrogens is 3. The summed E-state index contributed by atoms with van der Waals surface area (Å²) < 4.78 is 13.3. The van der Waals surface area contributed by atoms with Crippen LogP contribution in [0.2, 0.25) is 0 Å². The number of halogens is 1. The lowest BCUT2D eigenvalue weighted by Crippen LogP contribution is -2.27. The molecule has 1 fully saturated rings. The van der Waals surface area contributed by atoms with E-state index in [2.05, 4.69) is 25.6 Å². The van der Waals surface area contributed by atoms with E-state index < -0.39 is 0 Å². The van der Waals surface area contributed by atoms with Gasteiger partial charge in [0, 0.05) is 29.8 Å². The first-order chi connectivity index (χ1) is 13.1. The van der Waals surface area contributed by atoms with Crippen LogP contribution in [0.1, 0.15) is 35.8 Å². The van der Waals surface area contributed by atoms with Crippen molar-refractivity contribution < 1.29 is 4.39 Å². The highest BCUT2D eigenvalue weighted by atomic mass is 19.1. The maximum atomic E-state index is 13.3. The summed E-state index contributed by atoms with van der Waals surface area (Å²) in [7, 11) is 0. The highest BCUT2D eigenvalue weighted by Gasteiger charge is 2.17. The lowest BCUT2D eigenvalue weighted by molar-refractivity contribution is 0.452. The van der Waals surface area contributed by atoms with Gasteiger partial charge < -0.3 is 15.6 Å². The van der Waals surface area contributed by atoms with Gasteiger partial charge in [-0.1, -0.05) is 0 Å². The summed E-state index contributed by atoms with van der Waals surface area (Å²) in [4.78, 5) is 24.1. The Morgan fingerprint density at radius 1 is 1.19 bits per heavy atom. The molecule has 27 heavy (non-hydrogen) atoms. The Hall–Kier alpha value is -2.80. The summed E-state index contributed by atoms with van der Waals surface area (Å²) in [6, 6.07) is 8.13. The van der Waals surface area contributed by atoms with Gasteiger partial charge in [0.05, 0.1) is 5.52 Å². The highest BCUT2D eigenvalue weighted by Crippen LogP contribution is 2.25. The Bertz CT molecular complexity index is 1030. The Labute approximate surface area is 156 Å². The van der Waals surface area contributed by atoms with E-state index in [1.165, 1.54) is 12.1 Å². The van der Waals surface area contributed by atoms with Gasteiger partial charge in [-0.05, 0) is 62.5 Å². The average molecular weight is 367 g/mol. The predicted molar refractivity (Wildman–Crippen MR) is 103 cm³/mol. The van der Waals surface area contributed by atoms with E-state index in [1.54, 1.807) is 12.1 Å². The van der Waals surface area contributed by atoms with Gasteiger partial charge >= 0.3 is 0 Å². The zero-order valence-corrected chi connectivity index (χ0v) is 15.2. The summed E-state index contributed by atoms with van der Waals surface area (Å²) in [6.45, 7) is 4.23. The van der Waals surface area contributed by atoms with Gasteiger partial charge in [-0.25, -0.2) is 14.4 Å². The third kappa shape index (κ3) is 3.98. The molecule has 0 saturated carbocycles. The van der Waals surface area contributed by atoms with E-state index in [0.29, 0.717) is 23.5 Å². The Kier molecular flexibility index (Phi) is 4.85. The maximum absolute atomic E-state index is 13.3. The monoisotopic (exact) mass is 367 g/mol. The van der Waals surface area contributed by atoms with Crippen LogP contribution in [0.4, 0.5) is 10.2 Å². The molecule has 0 bridgehead atoms. The lowest BCUT2D eigenvalue weighted by atomic mass is 9.94. The summed E-state index contributed by atoms with van der Waals surface area (Å²) in [5.74, 6) is 1.50. The molecule has 4 rings (SSSR count). The number of aryl methyl sites for hydroxylation is 1. The zero-order chi connectivity index (χ0) is 18.8. The topological polar surface area (TPSA) is 82.7 Å². The predicted octanol–water partition coefficient (Wildman–Crippen LogP) is 2.84. The molecule has 0 amide bonds. The fourth-order valence-corrected chi connectivity index (χ4v) is 3.54. The molecule has 0 spiro atoms. The smallest absolute Gasteiger partial charge is 0.253 e. The molecule has 3 N–H and O–H groups in total. The number of hydrogen-bond acceptors (Lipinski definition) is 5. The summed E-state index contributed by atoms with van der Waals surface area (Å²) in [5.41, 5.74) is 1.89. The number of nitrogens with zero attached hydrogens (tertiary/aromatic N) is 2. The minimum absolute atomic E-state index is 0.232. The number of piperidine rings is 1. The highest BCUT2D eigenvalue weighted by molar-refractivity contribution is 5.78. The Morgan fingerprint density at radius 2 is 2.00 bits per heavy atom. The molecule has 1 aromatic carbocycles. The molecule has 1 aliphatic heterocycles. The minimum atomic E-state index is -0.370. The number of pyridine rings is 1. The molecular weight excluding hydrogens is 345 g/mol. The molecule has 140 valence electrons. The van der Waals surface area contributed by atoms with E-state index in [1.807, 2.05) is 13.0 Å². The zero-order valence-electron chi connectivity index (χ0n) is 15.2. The van der Waals surface area contributed by atoms with Crippen molar-refractivity contribution in [2.75, 3.05) is 18.4 Å². The molecule has 6 nitrogen and oxygen atoms in total. The van der Waals surface area contributed by atoms with Crippen molar-refractivity contribution >= 4 is 16.7 Å². The number of fused-ring (bicyclic) bond motifs is 1. The molecule has 0 unspecified atom stereocenters. The number of aromatic amines is 1. The molecule has 3 aromatic rings. The van der Waals surface area contributed by atoms with Gasteiger partial charge in [0.15, 0.2) is 0 Å². The van der Waals surface area contributed by atoms with Crippen LogP contribution in [-0.4, -0.2) is 28.0 Å². The van der Waals surface area contributed by atoms with Crippen LogP contribution in [-0.2, 0) is 6.54 Å². The standard InChI is InChI=1S/C20H22FN5O/c1-12-24-18(13-4-6-22-7-5-13)10-19(25-12)23-11-15-8-14-2-3-16(21)9-17(14)26-20(15)27/h2-3,8-10,13,22H,4-7,11H2,1H3,(H,26,27)(H,23,24,25). The number of nitrogens with one attached hydrogen (secondary N) is 3. The average Bonchev–Trinajstić information content (AvgIpc) is 2.66. The fraction of sp³-hybridized carbons (Fsp3) is 0.350. The minimum Gasteiger partial charge on any atom is -0.366 e. The Morgan fingerprint density at radius 3 is 2.81 bits per heavy atom. The number of rotatable bonds is 4. The second-order valence-corrected chi connectivity index (χ2v) is 6.96. The first-order valence-corrected chi connectivity index (χ1v) is 9.20. The number of H-pyrrole nitrogens is 1. The number of hydrogen-bond donors (Lipinski definition) is 3. The fourth-order valence-electron chi connectivity index (χ4n) is 3.54. The van der Waals surface area contributed by atoms with Crippen LogP contribution < -0.4 is 16.2 Å². The van der Waals surface area contributed by atoms with E-state index in [0.717, 1.165) is 48.7 Å². The van der Waals surface area contributed by atoms with Crippen LogP contribution in [0.5, 0.6) is 0 Å². The van der Waals surface area contributed by atoms with Gasteiger partial charge in [0.2, 0.25) is 0 Å². The van der Waals surface area contributed by atoms with Gasteiger partial charge in [0.25, 0.3) is 5.56 Å². The molecule has 0 aliphatic carbocycles. The number of anilines is 1. The SMILES string of the molecule is Cc1nc(NCc2cc3ccc(F)cc3[nH]c2=O)cc(C2CCNCC2)n1. The van der Waals surface area contributed by atoms with E-state index in [9.17, 15) is 9.18 Å². The third-order valence-corrected chi connectivity index (χ3v) is 4.96. The van der Waals surface area contributed by atoms with Crippen LogP contribution in [0.15, 0.2) is 35.1 Å². The number of benzene rings is 1. The molecule has 1 aliphatic rings. The van der Waals surface area contributed by atoms with E-state index in [4.69, 9.17) is 0 Å².